The molecule has 1 aliphatic rings. The van der Waals surface area contributed by atoms with Crippen LogP contribution in [0.1, 0.15) is 22.8 Å². The van der Waals surface area contributed by atoms with Crippen LogP contribution in [-0.2, 0) is 11.3 Å². The van der Waals surface area contributed by atoms with Crippen molar-refractivity contribution in [2.45, 2.75) is 13.5 Å². The van der Waals surface area contributed by atoms with Crippen LogP contribution >= 0.6 is 0 Å². The van der Waals surface area contributed by atoms with Gasteiger partial charge < -0.3 is 19.5 Å². The lowest BCUT2D eigenvalue weighted by Crippen LogP contribution is -2.30. The lowest BCUT2D eigenvalue weighted by Gasteiger charge is -2.17. The number of amides is 1. The number of fused-ring (bicyclic) bond motifs is 1. The van der Waals surface area contributed by atoms with E-state index in [0.717, 1.165) is 11.3 Å². The maximum Gasteiger partial charge on any atom is 0.238 e. The van der Waals surface area contributed by atoms with Crippen LogP contribution in [-0.4, -0.2) is 43.6 Å². The largest absolute Gasteiger partial charge is 0.490 e. The summed E-state index contributed by atoms with van der Waals surface area (Å²) in [5, 5.41) is 2.80. The summed E-state index contributed by atoms with van der Waals surface area (Å²) in [6, 6.07) is 10.9. The minimum Gasteiger partial charge on any atom is -0.490 e. The molecule has 7 nitrogen and oxygen atoms in total. The number of carbonyl (C=O) groups is 2. The zero-order valence-electron chi connectivity index (χ0n) is 16.6. The van der Waals surface area contributed by atoms with Crippen molar-refractivity contribution >= 4 is 17.4 Å². The van der Waals surface area contributed by atoms with E-state index in [1.807, 2.05) is 36.2 Å². The van der Waals surface area contributed by atoms with Gasteiger partial charge in [0.1, 0.15) is 12.4 Å². The van der Waals surface area contributed by atoms with E-state index in [4.69, 9.17) is 14.2 Å². The number of Topliss-reactive ketones (excluding diaryl/α,β-unsaturated/α-hetero) is 1. The van der Waals surface area contributed by atoms with E-state index in [2.05, 4.69) is 11.9 Å². The molecular formula is C22H24N2O5. The Morgan fingerprint density at radius 1 is 1.21 bits per heavy atom. The fraction of sp³-hybridized carbons (Fsp3) is 0.273. The summed E-state index contributed by atoms with van der Waals surface area (Å²) in [5.41, 5.74) is 1.86. The molecule has 0 bridgehead atoms. The van der Waals surface area contributed by atoms with Gasteiger partial charge in [-0.05, 0) is 37.7 Å². The van der Waals surface area contributed by atoms with E-state index >= 15 is 0 Å². The first kappa shape index (κ1) is 20.4. The number of likely N-dealkylation sites (N-methyl/N-ethyl adjacent to an activating group) is 1. The molecule has 0 atom stereocenters. The maximum atomic E-state index is 12.5. The van der Waals surface area contributed by atoms with E-state index in [1.165, 1.54) is 6.92 Å². The first-order valence-corrected chi connectivity index (χ1v) is 9.22. The number of hydrogen-bond acceptors (Lipinski definition) is 6. The number of ketones is 1. The highest BCUT2D eigenvalue weighted by molar-refractivity contribution is 6.05. The van der Waals surface area contributed by atoms with Crippen molar-refractivity contribution in [3.63, 3.8) is 0 Å². The smallest absolute Gasteiger partial charge is 0.238 e. The molecule has 152 valence electrons. The number of rotatable bonds is 9. The van der Waals surface area contributed by atoms with Crippen LogP contribution < -0.4 is 19.5 Å². The molecule has 7 heteroatoms. The van der Waals surface area contributed by atoms with Crippen molar-refractivity contribution in [3.05, 3.63) is 60.2 Å². The highest BCUT2D eigenvalue weighted by atomic mass is 16.7. The van der Waals surface area contributed by atoms with Gasteiger partial charge in [-0.15, -0.1) is 0 Å². The third-order valence-electron chi connectivity index (χ3n) is 4.32. The van der Waals surface area contributed by atoms with Crippen LogP contribution in [0.25, 0.3) is 0 Å². The molecule has 0 unspecified atom stereocenters. The van der Waals surface area contributed by atoms with Crippen molar-refractivity contribution in [3.8, 4) is 17.2 Å². The lowest BCUT2D eigenvalue weighted by atomic mass is 10.1. The quantitative estimate of drug-likeness (QED) is 0.518. The van der Waals surface area contributed by atoms with Gasteiger partial charge in [0.05, 0.1) is 12.2 Å². The molecule has 0 saturated carbocycles. The second-order valence-corrected chi connectivity index (χ2v) is 6.77. The Kier molecular flexibility index (Phi) is 6.51. The molecule has 29 heavy (non-hydrogen) atoms. The topological polar surface area (TPSA) is 77.1 Å². The summed E-state index contributed by atoms with van der Waals surface area (Å²) in [7, 11) is 1.85. The van der Waals surface area contributed by atoms with E-state index in [-0.39, 0.29) is 25.0 Å². The van der Waals surface area contributed by atoms with Crippen LogP contribution in [0.4, 0.5) is 5.69 Å². The number of nitrogens with zero attached hydrogens (tertiary/aromatic N) is 1. The van der Waals surface area contributed by atoms with E-state index in [1.54, 1.807) is 18.2 Å². The first-order chi connectivity index (χ1) is 14.0. The van der Waals surface area contributed by atoms with Gasteiger partial charge in [-0.2, -0.15) is 0 Å². The van der Waals surface area contributed by atoms with E-state index in [9.17, 15) is 9.59 Å². The van der Waals surface area contributed by atoms with Crippen molar-refractivity contribution in [1.82, 2.24) is 4.90 Å². The minimum absolute atomic E-state index is 0.101. The molecule has 1 heterocycles. The molecule has 0 radical (unpaired) electrons. The van der Waals surface area contributed by atoms with Gasteiger partial charge in [-0.25, -0.2) is 0 Å². The Morgan fingerprint density at radius 3 is 2.55 bits per heavy atom. The number of nitrogens with one attached hydrogen (secondary N) is 1. The van der Waals surface area contributed by atoms with Crippen LogP contribution in [0.15, 0.2) is 49.1 Å². The number of hydrogen-bond donors (Lipinski definition) is 1. The average Bonchev–Trinajstić information content (AvgIpc) is 3.14. The molecular weight excluding hydrogens is 372 g/mol. The van der Waals surface area contributed by atoms with Crippen LogP contribution in [0.2, 0.25) is 0 Å². The molecule has 0 fully saturated rings. The highest BCUT2D eigenvalue weighted by Gasteiger charge is 2.20. The predicted octanol–water partition coefficient (Wildman–Crippen LogP) is 3.25. The SMILES string of the molecule is C=CCOc1ccc(CN(C)CC(=O)Nc2cc3c(cc2C(C)=O)OCO3)cc1. The number of carbonyl (C=O) groups excluding carboxylic acids is 2. The van der Waals surface area contributed by atoms with E-state index < -0.39 is 0 Å². The summed E-state index contributed by atoms with van der Waals surface area (Å²) in [5.74, 6) is 1.40. The van der Waals surface area contributed by atoms with Gasteiger partial charge in [0, 0.05) is 18.2 Å². The van der Waals surface area contributed by atoms with Gasteiger partial charge in [-0.1, -0.05) is 24.8 Å². The summed E-state index contributed by atoms with van der Waals surface area (Å²) < 4.78 is 16.1. The molecule has 0 saturated heterocycles. The third-order valence-corrected chi connectivity index (χ3v) is 4.32. The molecule has 0 aliphatic carbocycles. The summed E-state index contributed by atoms with van der Waals surface area (Å²) in [6.45, 7) is 6.39. The van der Waals surface area contributed by atoms with Crippen LogP contribution in [0.5, 0.6) is 17.2 Å². The van der Waals surface area contributed by atoms with Gasteiger partial charge in [0.15, 0.2) is 17.3 Å². The first-order valence-electron chi connectivity index (χ1n) is 9.22. The van der Waals surface area contributed by atoms with Gasteiger partial charge >= 0.3 is 0 Å². The van der Waals surface area contributed by atoms with Crippen molar-refractivity contribution in [2.24, 2.45) is 0 Å². The molecule has 1 N–H and O–H groups in total. The normalized spacial score (nSPS) is 12.0. The summed E-state index contributed by atoms with van der Waals surface area (Å²) in [6.07, 6.45) is 1.69. The molecule has 0 spiro atoms. The zero-order valence-corrected chi connectivity index (χ0v) is 16.6. The monoisotopic (exact) mass is 396 g/mol. The number of anilines is 1. The second-order valence-electron chi connectivity index (χ2n) is 6.77. The van der Waals surface area contributed by atoms with Crippen molar-refractivity contribution < 1.29 is 23.8 Å². The molecule has 0 aromatic heterocycles. The Hall–Kier alpha value is -3.32. The number of benzene rings is 2. The van der Waals surface area contributed by atoms with E-state index in [0.29, 0.717) is 35.9 Å². The van der Waals surface area contributed by atoms with Crippen molar-refractivity contribution in [1.29, 1.82) is 0 Å². The van der Waals surface area contributed by atoms with Crippen molar-refractivity contribution in [2.75, 3.05) is 32.3 Å². The fourth-order valence-corrected chi connectivity index (χ4v) is 2.99. The Morgan fingerprint density at radius 2 is 1.90 bits per heavy atom. The molecule has 1 aliphatic heterocycles. The van der Waals surface area contributed by atoms with Gasteiger partial charge in [0.2, 0.25) is 12.7 Å². The Balaban J connectivity index is 1.59. The predicted molar refractivity (Wildman–Crippen MR) is 110 cm³/mol. The molecule has 3 rings (SSSR count). The molecule has 2 aromatic rings. The Bertz CT molecular complexity index is 908. The fourth-order valence-electron chi connectivity index (χ4n) is 2.99. The molecule has 1 amide bonds. The second kappa shape index (κ2) is 9.25. The average molecular weight is 396 g/mol. The van der Waals surface area contributed by atoms with Gasteiger partial charge in [0.25, 0.3) is 0 Å². The molecule has 2 aromatic carbocycles. The van der Waals surface area contributed by atoms with Crippen LogP contribution in [0, 0.1) is 0 Å². The maximum absolute atomic E-state index is 12.5. The minimum atomic E-state index is -0.222. The summed E-state index contributed by atoms with van der Waals surface area (Å²) in [4.78, 5) is 26.3. The zero-order chi connectivity index (χ0) is 20.8. The summed E-state index contributed by atoms with van der Waals surface area (Å²) >= 11 is 0. The Labute approximate surface area is 169 Å². The van der Waals surface area contributed by atoms with Crippen LogP contribution in [0.3, 0.4) is 0 Å². The van der Waals surface area contributed by atoms with Gasteiger partial charge in [-0.3, -0.25) is 14.5 Å². The number of ether oxygens (including phenoxy) is 3. The standard InChI is InChI=1S/C22H24N2O5/c1-4-9-27-17-7-5-16(6-8-17)12-24(3)13-22(26)23-19-11-21-20(28-14-29-21)10-18(19)15(2)25/h4-8,10-11H,1,9,12-14H2,2-3H3,(H,23,26). The third kappa shape index (κ3) is 5.36. The highest BCUT2D eigenvalue weighted by Crippen LogP contribution is 2.37. The lowest BCUT2D eigenvalue weighted by molar-refractivity contribution is -0.117.